The van der Waals surface area contributed by atoms with Crippen molar-refractivity contribution in [2.45, 2.75) is 31.3 Å². The van der Waals surface area contributed by atoms with Crippen LogP contribution in [0.1, 0.15) is 40.6 Å². The van der Waals surface area contributed by atoms with Gasteiger partial charge in [0.25, 0.3) is 5.91 Å². The molecule has 0 N–H and O–H groups in total. The summed E-state index contributed by atoms with van der Waals surface area (Å²) in [4.78, 5) is 30.7. The quantitative estimate of drug-likeness (QED) is 0.814. The minimum Gasteiger partial charge on any atom is -0.378 e. The summed E-state index contributed by atoms with van der Waals surface area (Å²) in [5.74, 6) is 0.831. The summed E-state index contributed by atoms with van der Waals surface area (Å²) < 4.78 is 5.41. The Kier molecular flexibility index (Phi) is 3.67. The number of carbonyl (C=O) groups is 1. The Morgan fingerprint density at radius 1 is 1.24 bits per heavy atom. The third kappa shape index (κ3) is 2.51. The number of fused-ring (bicyclic) bond motifs is 4. The highest BCUT2D eigenvalue weighted by atomic mass is 32.1. The Hall–Kier alpha value is -2.06. The summed E-state index contributed by atoms with van der Waals surface area (Å²) in [6.45, 7) is 3.11. The molecule has 0 saturated carbocycles. The molecule has 5 rings (SSSR count). The highest BCUT2D eigenvalue weighted by Gasteiger charge is 2.44. The van der Waals surface area contributed by atoms with E-state index in [1.165, 1.54) is 11.3 Å². The van der Waals surface area contributed by atoms with Crippen molar-refractivity contribution in [2.75, 3.05) is 31.2 Å². The van der Waals surface area contributed by atoms with Crippen LogP contribution >= 0.6 is 11.3 Å². The predicted molar refractivity (Wildman–Crippen MR) is 92.8 cm³/mol. The van der Waals surface area contributed by atoms with Gasteiger partial charge in [0, 0.05) is 42.7 Å². The number of aromatic nitrogens is 3. The number of hydrogen-bond acceptors (Lipinski definition) is 7. The molecule has 130 valence electrons. The maximum Gasteiger partial charge on any atom is 0.274 e. The molecule has 3 aliphatic rings. The molecule has 0 spiro atoms. The lowest BCUT2D eigenvalue weighted by Gasteiger charge is -2.36. The van der Waals surface area contributed by atoms with Gasteiger partial charge in [0.15, 0.2) is 0 Å². The third-order valence-electron chi connectivity index (χ3n) is 5.36. The molecule has 7 nitrogen and oxygen atoms in total. The second-order valence-electron chi connectivity index (χ2n) is 6.71. The number of amides is 1. The normalized spacial score (nSPS) is 25.1. The summed E-state index contributed by atoms with van der Waals surface area (Å²) in [5.41, 5.74) is 4.47. The Labute approximate surface area is 149 Å². The fraction of sp³-hybridized carbons (Fsp3) is 0.529. The first kappa shape index (κ1) is 15.2. The first-order valence-corrected chi connectivity index (χ1v) is 9.65. The van der Waals surface area contributed by atoms with E-state index in [1.807, 2.05) is 16.5 Å². The van der Waals surface area contributed by atoms with Gasteiger partial charge in [0.1, 0.15) is 5.69 Å². The molecular formula is C17H19N5O2S. The van der Waals surface area contributed by atoms with Crippen LogP contribution in [0, 0.1) is 0 Å². The number of rotatable bonds is 2. The van der Waals surface area contributed by atoms with E-state index < -0.39 is 0 Å². The Morgan fingerprint density at radius 2 is 2.12 bits per heavy atom. The predicted octanol–water partition coefficient (Wildman–Crippen LogP) is 1.67. The SMILES string of the molecule is O=C(c1cscn1)N1[C@@H]2CC[C@H]1c1cnc(N3CCOCC3)nc1C2. The van der Waals surface area contributed by atoms with E-state index in [-0.39, 0.29) is 18.0 Å². The molecule has 2 saturated heterocycles. The summed E-state index contributed by atoms with van der Waals surface area (Å²) in [7, 11) is 0. The van der Waals surface area contributed by atoms with Crippen LogP contribution in [0.3, 0.4) is 0 Å². The average molecular weight is 357 g/mol. The summed E-state index contributed by atoms with van der Waals surface area (Å²) >= 11 is 1.46. The molecular weight excluding hydrogens is 338 g/mol. The standard InChI is InChI=1S/C17H19N5O2S/c23-16(14-9-25-10-19-14)22-11-1-2-15(22)12-8-18-17(20-13(12)7-11)21-3-5-24-6-4-21/h8-11,15H,1-7H2/t11-,15+/m1/s1. The fourth-order valence-electron chi connectivity index (χ4n) is 4.14. The van der Waals surface area contributed by atoms with Crippen molar-refractivity contribution in [2.24, 2.45) is 0 Å². The van der Waals surface area contributed by atoms with Crippen LogP contribution in [0.4, 0.5) is 5.95 Å². The molecule has 2 aromatic heterocycles. The van der Waals surface area contributed by atoms with Crippen molar-refractivity contribution >= 4 is 23.2 Å². The van der Waals surface area contributed by atoms with Crippen molar-refractivity contribution in [3.63, 3.8) is 0 Å². The van der Waals surface area contributed by atoms with E-state index in [0.717, 1.165) is 62.8 Å². The van der Waals surface area contributed by atoms with Crippen molar-refractivity contribution in [1.29, 1.82) is 0 Å². The molecule has 2 aromatic rings. The largest absolute Gasteiger partial charge is 0.378 e. The lowest BCUT2D eigenvalue weighted by Crippen LogP contribution is -2.43. The molecule has 0 aliphatic carbocycles. The lowest BCUT2D eigenvalue weighted by atomic mass is 9.99. The summed E-state index contributed by atoms with van der Waals surface area (Å²) in [6.07, 6.45) is 4.74. The van der Waals surface area contributed by atoms with E-state index in [1.54, 1.807) is 5.51 Å². The number of thiazole rings is 1. The molecule has 1 amide bonds. The summed E-state index contributed by atoms with van der Waals surface area (Å²) in [5, 5.41) is 1.83. The van der Waals surface area contributed by atoms with Crippen molar-refractivity contribution in [1.82, 2.24) is 19.9 Å². The smallest absolute Gasteiger partial charge is 0.274 e. The van der Waals surface area contributed by atoms with Crippen LogP contribution in [0.2, 0.25) is 0 Å². The molecule has 25 heavy (non-hydrogen) atoms. The van der Waals surface area contributed by atoms with Crippen LogP contribution in [0.15, 0.2) is 17.1 Å². The van der Waals surface area contributed by atoms with Gasteiger partial charge in [-0.2, -0.15) is 0 Å². The van der Waals surface area contributed by atoms with E-state index in [4.69, 9.17) is 9.72 Å². The maximum absolute atomic E-state index is 12.9. The topological polar surface area (TPSA) is 71.5 Å². The minimum atomic E-state index is 0.0386. The van der Waals surface area contributed by atoms with Gasteiger partial charge >= 0.3 is 0 Å². The van der Waals surface area contributed by atoms with Gasteiger partial charge < -0.3 is 14.5 Å². The number of nitrogens with zero attached hydrogens (tertiary/aromatic N) is 5. The number of morpholine rings is 1. The molecule has 0 aromatic carbocycles. The molecule has 2 fully saturated rings. The van der Waals surface area contributed by atoms with Gasteiger partial charge in [-0.1, -0.05) is 0 Å². The van der Waals surface area contributed by atoms with Crippen molar-refractivity contribution in [3.05, 3.63) is 34.0 Å². The van der Waals surface area contributed by atoms with E-state index in [9.17, 15) is 4.79 Å². The lowest BCUT2D eigenvalue weighted by molar-refractivity contribution is 0.0638. The Bertz CT molecular complexity index is 790. The third-order valence-corrected chi connectivity index (χ3v) is 5.94. The highest BCUT2D eigenvalue weighted by molar-refractivity contribution is 7.07. The van der Waals surface area contributed by atoms with Crippen molar-refractivity contribution < 1.29 is 9.53 Å². The van der Waals surface area contributed by atoms with E-state index >= 15 is 0 Å². The van der Waals surface area contributed by atoms with Crippen LogP contribution in [-0.2, 0) is 11.2 Å². The number of ether oxygens (including phenoxy) is 1. The van der Waals surface area contributed by atoms with E-state index in [2.05, 4.69) is 14.9 Å². The van der Waals surface area contributed by atoms with Crippen LogP contribution in [0.5, 0.6) is 0 Å². The number of carbonyl (C=O) groups excluding carboxylic acids is 1. The first-order valence-electron chi connectivity index (χ1n) is 8.70. The molecule has 0 unspecified atom stereocenters. The molecule has 8 heteroatoms. The van der Waals surface area contributed by atoms with E-state index in [0.29, 0.717) is 5.69 Å². The number of hydrogen-bond donors (Lipinski definition) is 0. The van der Waals surface area contributed by atoms with Crippen LogP contribution < -0.4 is 4.90 Å². The van der Waals surface area contributed by atoms with Gasteiger partial charge in [-0.3, -0.25) is 4.79 Å². The monoisotopic (exact) mass is 357 g/mol. The molecule has 2 bridgehead atoms. The zero-order chi connectivity index (χ0) is 16.8. The molecule has 0 radical (unpaired) electrons. The van der Waals surface area contributed by atoms with Crippen LogP contribution in [0.25, 0.3) is 0 Å². The van der Waals surface area contributed by atoms with Crippen molar-refractivity contribution in [3.8, 4) is 0 Å². The van der Waals surface area contributed by atoms with Gasteiger partial charge in [0.05, 0.1) is 30.5 Å². The summed E-state index contributed by atoms with van der Waals surface area (Å²) in [6, 6.07) is 0.306. The average Bonchev–Trinajstić information content (AvgIpc) is 3.29. The maximum atomic E-state index is 12.9. The van der Waals surface area contributed by atoms with Crippen LogP contribution in [-0.4, -0.2) is 58.1 Å². The van der Waals surface area contributed by atoms with Gasteiger partial charge in [0.2, 0.25) is 5.95 Å². The number of anilines is 1. The second-order valence-corrected chi connectivity index (χ2v) is 7.43. The highest BCUT2D eigenvalue weighted by Crippen LogP contribution is 2.43. The molecule has 3 aliphatic heterocycles. The molecule has 2 atom stereocenters. The fourth-order valence-corrected chi connectivity index (χ4v) is 4.67. The zero-order valence-corrected chi connectivity index (χ0v) is 14.6. The first-order chi connectivity index (χ1) is 12.3. The minimum absolute atomic E-state index is 0.0386. The Morgan fingerprint density at radius 3 is 2.92 bits per heavy atom. The zero-order valence-electron chi connectivity index (χ0n) is 13.8. The second kappa shape index (κ2) is 6.03. The Balaban J connectivity index is 1.45. The van der Waals surface area contributed by atoms with Gasteiger partial charge in [-0.05, 0) is 12.8 Å². The van der Waals surface area contributed by atoms with Gasteiger partial charge in [-0.15, -0.1) is 11.3 Å². The van der Waals surface area contributed by atoms with Gasteiger partial charge in [-0.25, -0.2) is 15.0 Å². The molecule has 5 heterocycles.